The van der Waals surface area contributed by atoms with Gasteiger partial charge in [0.25, 0.3) is 0 Å². The van der Waals surface area contributed by atoms with E-state index < -0.39 is 0 Å². The van der Waals surface area contributed by atoms with Crippen molar-refractivity contribution < 1.29 is 14.1 Å². The number of hydrogen-bond acceptors (Lipinski definition) is 5. The maximum Gasteiger partial charge on any atom is 0.229 e. The van der Waals surface area contributed by atoms with Crippen LogP contribution in [0.4, 0.5) is 0 Å². The molecule has 110 valence electrons. The van der Waals surface area contributed by atoms with Gasteiger partial charge in [-0.3, -0.25) is 4.79 Å². The molecule has 1 aromatic heterocycles. The van der Waals surface area contributed by atoms with E-state index in [2.05, 4.69) is 10.1 Å². The molecule has 0 aliphatic heterocycles. The summed E-state index contributed by atoms with van der Waals surface area (Å²) < 4.78 is 11.4. The number of ether oxygens (including phenoxy) is 1. The van der Waals surface area contributed by atoms with Crippen LogP contribution in [0.25, 0.3) is 0 Å². The van der Waals surface area contributed by atoms with E-state index in [-0.39, 0.29) is 11.5 Å². The number of nitrogens with zero attached hydrogens (tertiary/aromatic N) is 2. The summed E-state index contributed by atoms with van der Waals surface area (Å²) in [6.07, 6.45) is 7.21. The third kappa shape index (κ3) is 2.51. The molecule has 2 aliphatic rings. The van der Waals surface area contributed by atoms with Gasteiger partial charge < -0.3 is 9.26 Å². The van der Waals surface area contributed by atoms with Gasteiger partial charge in [-0.25, -0.2) is 0 Å². The van der Waals surface area contributed by atoms with Crippen LogP contribution in [0.3, 0.4) is 0 Å². The van der Waals surface area contributed by atoms with Crippen LogP contribution in [0.1, 0.15) is 75.9 Å². The SMILES string of the molecule is CCOC1(c2noc(C3CCC(=O)CC3)n2)CCCC1. The molecular weight excluding hydrogens is 256 g/mol. The molecule has 5 nitrogen and oxygen atoms in total. The Morgan fingerprint density at radius 1 is 1.30 bits per heavy atom. The van der Waals surface area contributed by atoms with Crippen LogP contribution in [-0.4, -0.2) is 22.5 Å². The summed E-state index contributed by atoms with van der Waals surface area (Å²) >= 11 is 0. The minimum atomic E-state index is -0.332. The van der Waals surface area contributed by atoms with Crippen LogP contribution < -0.4 is 0 Å². The molecular formula is C15H22N2O3. The summed E-state index contributed by atoms with van der Waals surface area (Å²) in [7, 11) is 0. The molecule has 1 aromatic rings. The van der Waals surface area contributed by atoms with Crippen molar-refractivity contribution in [3.8, 4) is 0 Å². The van der Waals surface area contributed by atoms with Crippen molar-refractivity contribution >= 4 is 5.78 Å². The van der Waals surface area contributed by atoms with Gasteiger partial charge in [0.15, 0.2) is 0 Å². The van der Waals surface area contributed by atoms with Crippen molar-refractivity contribution in [2.24, 2.45) is 0 Å². The predicted octanol–water partition coefficient (Wildman–Crippen LogP) is 3.10. The van der Waals surface area contributed by atoms with Gasteiger partial charge in [-0.1, -0.05) is 5.16 Å². The van der Waals surface area contributed by atoms with Crippen molar-refractivity contribution in [2.75, 3.05) is 6.61 Å². The zero-order chi connectivity index (χ0) is 14.0. The van der Waals surface area contributed by atoms with Gasteiger partial charge in [0.1, 0.15) is 11.4 Å². The molecule has 0 saturated heterocycles. The highest BCUT2D eigenvalue weighted by Gasteiger charge is 2.41. The Morgan fingerprint density at radius 2 is 2.00 bits per heavy atom. The highest BCUT2D eigenvalue weighted by atomic mass is 16.5. The van der Waals surface area contributed by atoms with Crippen molar-refractivity contribution in [3.63, 3.8) is 0 Å². The smallest absolute Gasteiger partial charge is 0.229 e. The van der Waals surface area contributed by atoms with Crippen LogP contribution in [0.15, 0.2) is 4.52 Å². The van der Waals surface area contributed by atoms with Gasteiger partial charge in [-0.2, -0.15) is 4.98 Å². The number of aromatic nitrogens is 2. The number of rotatable bonds is 4. The van der Waals surface area contributed by atoms with Crippen LogP contribution in [-0.2, 0) is 15.1 Å². The number of Topliss-reactive ketones (excluding diaryl/α,β-unsaturated/α-hetero) is 1. The van der Waals surface area contributed by atoms with E-state index in [1.54, 1.807) is 0 Å². The summed E-state index contributed by atoms with van der Waals surface area (Å²) in [5, 5.41) is 4.19. The zero-order valence-electron chi connectivity index (χ0n) is 12.1. The Bertz CT molecular complexity index is 467. The highest BCUT2D eigenvalue weighted by molar-refractivity contribution is 5.79. The van der Waals surface area contributed by atoms with Crippen LogP contribution in [0.2, 0.25) is 0 Å². The summed E-state index contributed by atoms with van der Waals surface area (Å²) in [5.41, 5.74) is -0.332. The fourth-order valence-electron chi connectivity index (χ4n) is 3.43. The summed E-state index contributed by atoms with van der Waals surface area (Å²) in [5.74, 6) is 2.00. The molecule has 0 radical (unpaired) electrons. The molecule has 3 rings (SSSR count). The first-order valence-corrected chi connectivity index (χ1v) is 7.73. The highest BCUT2D eigenvalue weighted by Crippen LogP contribution is 2.41. The lowest BCUT2D eigenvalue weighted by Gasteiger charge is -2.24. The molecule has 2 aliphatic carbocycles. The van der Waals surface area contributed by atoms with Crippen LogP contribution in [0.5, 0.6) is 0 Å². The largest absolute Gasteiger partial charge is 0.367 e. The standard InChI is InChI=1S/C15H22N2O3/c1-2-19-15(9-3-4-10-15)14-16-13(20-17-14)11-5-7-12(18)8-6-11/h11H,2-10H2,1H3. The second-order valence-corrected chi connectivity index (χ2v) is 5.90. The second-order valence-electron chi connectivity index (χ2n) is 5.90. The van der Waals surface area contributed by atoms with Crippen molar-refractivity contribution in [3.05, 3.63) is 11.7 Å². The van der Waals surface area contributed by atoms with Gasteiger partial charge in [-0.05, 0) is 45.4 Å². The molecule has 0 atom stereocenters. The predicted molar refractivity (Wildman–Crippen MR) is 72.3 cm³/mol. The van der Waals surface area contributed by atoms with Crippen molar-refractivity contribution in [1.29, 1.82) is 0 Å². The Morgan fingerprint density at radius 3 is 2.65 bits per heavy atom. The van der Waals surface area contributed by atoms with Crippen LogP contribution in [0, 0.1) is 0 Å². The number of ketones is 1. The summed E-state index contributed by atoms with van der Waals surface area (Å²) in [6.45, 7) is 2.68. The fraction of sp³-hybridized carbons (Fsp3) is 0.800. The third-order valence-corrected chi connectivity index (χ3v) is 4.57. The van der Waals surface area contributed by atoms with E-state index in [0.29, 0.717) is 36.9 Å². The van der Waals surface area contributed by atoms with Crippen LogP contribution >= 0.6 is 0 Å². The third-order valence-electron chi connectivity index (χ3n) is 4.57. The number of carbonyl (C=O) groups excluding carboxylic acids is 1. The van der Waals surface area contributed by atoms with Gasteiger partial charge >= 0.3 is 0 Å². The molecule has 1 heterocycles. The fourth-order valence-corrected chi connectivity index (χ4v) is 3.43. The maximum atomic E-state index is 11.3. The van der Waals surface area contributed by atoms with Gasteiger partial charge in [0.2, 0.25) is 11.7 Å². The van der Waals surface area contributed by atoms with Gasteiger partial charge in [0.05, 0.1) is 0 Å². The van der Waals surface area contributed by atoms with Crippen molar-refractivity contribution in [1.82, 2.24) is 10.1 Å². The lowest BCUT2D eigenvalue weighted by atomic mass is 9.88. The number of hydrogen-bond donors (Lipinski definition) is 0. The first kappa shape index (κ1) is 13.7. The first-order valence-electron chi connectivity index (χ1n) is 7.73. The van der Waals surface area contributed by atoms with E-state index in [1.165, 1.54) is 0 Å². The average molecular weight is 278 g/mol. The molecule has 0 bridgehead atoms. The molecule has 2 fully saturated rings. The molecule has 20 heavy (non-hydrogen) atoms. The monoisotopic (exact) mass is 278 g/mol. The quantitative estimate of drug-likeness (QED) is 0.846. The molecule has 0 N–H and O–H groups in total. The Kier molecular flexibility index (Phi) is 3.87. The Hall–Kier alpha value is -1.23. The maximum absolute atomic E-state index is 11.3. The topological polar surface area (TPSA) is 65.2 Å². The zero-order valence-corrected chi connectivity index (χ0v) is 12.1. The van der Waals surface area contributed by atoms with Gasteiger partial charge in [0, 0.05) is 25.4 Å². The Balaban J connectivity index is 1.77. The second kappa shape index (κ2) is 5.64. The lowest BCUT2D eigenvalue weighted by Crippen LogP contribution is -2.27. The van der Waals surface area contributed by atoms with E-state index in [1.807, 2.05) is 6.92 Å². The van der Waals surface area contributed by atoms with Gasteiger partial charge in [-0.15, -0.1) is 0 Å². The molecule has 2 saturated carbocycles. The van der Waals surface area contributed by atoms with Crippen molar-refractivity contribution in [2.45, 2.75) is 69.8 Å². The molecule has 0 aromatic carbocycles. The normalized spacial score (nSPS) is 23.4. The molecule has 0 spiro atoms. The van der Waals surface area contributed by atoms with E-state index in [4.69, 9.17) is 9.26 Å². The van der Waals surface area contributed by atoms with E-state index >= 15 is 0 Å². The summed E-state index contributed by atoms with van der Waals surface area (Å²) in [4.78, 5) is 15.9. The van der Waals surface area contributed by atoms with E-state index in [9.17, 15) is 4.79 Å². The lowest BCUT2D eigenvalue weighted by molar-refractivity contribution is -0.120. The minimum Gasteiger partial charge on any atom is -0.367 e. The molecule has 5 heteroatoms. The Labute approximate surface area is 119 Å². The molecule has 0 unspecified atom stereocenters. The van der Waals surface area contributed by atoms with E-state index in [0.717, 1.165) is 38.5 Å². The number of carbonyl (C=O) groups is 1. The first-order chi connectivity index (χ1) is 9.73. The average Bonchev–Trinajstić information content (AvgIpc) is 3.09. The molecule has 0 amide bonds. The summed E-state index contributed by atoms with van der Waals surface area (Å²) in [6, 6.07) is 0. The minimum absolute atomic E-state index is 0.244.